The molecule has 0 amide bonds. The highest BCUT2D eigenvalue weighted by Crippen LogP contribution is 2.39. The summed E-state index contributed by atoms with van der Waals surface area (Å²) in [7, 11) is 0. The van der Waals surface area contributed by atoms with Gasteiger partial charge in [-0.05, 0) is 47.3 Å². The first kappa shape index (κ1) is 10.9. The number of rotatable bonds is 2. The summed E-state index contributed by atoms with van der Waals surface area (Å²) in [5.41, 5.74) is 1.26. The number of ether oxygens (including phenoxy) is 1. The van der Waals surface area contributed by atoms with E-state index in [1.807, 2.05) is 0 Å². The molecule has 1 saturated heterocycles. The zero-order chi connectivity index (χ0) is 10.1. The fourth-order valence-electron chi connectivity index (χ4n) is 1.64. The number of alkyl halides is 1. The maximum atomic E-state index is 6.36. The van der Waals surface area contributed by atoms with Crippen LogP contribution in [-0.2, 0) is 4.74 Å². The highest BCUT2D eigenvalue weighted by molar-refractivity contribution is 9.11. The van der Waals surface area contributed by atoms with Crippen LogP contribution in [0.5, 0.6) is 0 Å². The van der Waals surface area contributed by atoms with E-state index in [0.717, 1.165) is 19.4 Å². The van der Waals surface area contributed by atoms with Crippen molar-refractivity contribution in [3.05, 3.63) is 20.3 Å². The second-order valence-electron chi connectivity index (χ2n) is 3.56. The smallest absolute Gasteiger partial charge is 0.0940 e. The Morgan fingerprint density at radius 3 is 3.00 bits per heavy atom. The van der Waals surface area contributed by atoms with Gasteiger partial charge in [-0.3, -0.25) is 0 Å². The van der Waals surface area contributed by atoms with Crippen molar-refractivity contribution in [2.75, 3.05) is 6.61 Å². The summed E-state index contributed by atoms with van der Waals surface area (Å²) in [6.45, 7) is 2.95. The monoisotopic (exact) mass is 294 g/mol. The topological polar surface area (TPSA) is 9.23 Å². The number of aryl methyl sites for hydroxylation is 1. The van der Waals surface area contributed by atoms with Crippen LogP contribution in [0.3, 0.4) is 0 Å². The van der Waals surface area contributed by atoms with Gasteiger partial charge in [0.05, 0.1) is 15.3 Å². The first-order valence-electron chi connectivity index (χ1n) is 4.70. The Balaban J connectivity index is 2.13. The lowest BCUT2D eigenvalue weighted by atomic mass is 10.1. The molecule has 0 bridgehead atoms. The Morgan fingerprint density at radius 1 is 1.71 bits per heavy atom. The number of hydrogen-bond acceptors (Lipinski definition) is 2. The average Bonchev–Trinajstić information content (AvgIpc) is 2.76. The van der Waals surface area contributed by atoms with Gasteiger partial charge in [0.2, 0.25) is 0 Å². The van der Waals surface area contributed by atoms with E-state index in [1.165, 1.54) is 14.2 Å². The lowest BCUT2D eigenvalue weighted by Crippen LogP contribution is -2.11. The van der Waals surface area contributed by atoms with Crippen LogP contribution in [0.25, 0.3) is 0 Å². The van der Waals surface area contributed by atoms with Gasteiger partial charge in [-0.25, -0.2) is 0 Å². The van der Waals surface area contributed by atoms with Crippen molar-refractivity contribution in [3.63, 3.8) is 0 Å². The third kappa shape index (κ3) is 2.16. The Hall–Kier alpha value is 0.430. The van der Waals surface area contributed by atoms with Crippen LogP contribution in [0.4, 0.5) is 0 Å². The molecule has 78 valence electrons. The van der Waals surface area contributed by atoms with Crippen LogP contribution in [0.15, 0.2) is 9.85 Å². The van der Waals surface area contributed by atoms with Gasteiger partial charge in [-0.1, -0.05) is 0 Å². The predicted molar refractivity (Wildman–Crippen MR) is 64.3 cm³/mol. The maximum absolute atomic E-state index is 6.36. The molecule has 2 heterocycles. The first-order valence-corrected chi connectivity index (χ1v) is 6.74. The molecule has 0 spiro atoms. The van der Waals surface area contributed by atoms with Gasteiger partial charge in [0.1, 0.15) is 0 Å². The number of thiophene rings is 1. The van der Waals surface area contributed by atoms with Crippen LogP contribution >= 0.6 is 38.9 Å². The van der Waals surface area contributed by atoms with E-state index in [0.29, 0.717) is 0 Å². The number of halogens is 2. The highest BCUT2D eigenvalue weighted by atomic mass is 79.9. The van der Waals surface area contributed by atoms with Crippen molar-refractivity contribution in [2.24, 2.45) is 0 Å². The molecule has 0 saturated carbocycles. The van der Waals surface area contributed by atoms with Gasteiger partial charge >= 0.3 is 0 Å². The SMILES string of the molecule is Cc1cc(C(Cl)C2CCCO2)sc1Br. The molecule has 0 radical (unpaired) electrons. The molecule has 2 rings (SSSR count). The van der Waals surface area contributed by atoms with Crippen molar-refractivity contribution in [1.82, 2.24) is 0 Å². The summed E-state index contributed by atoms with van der Waals surface area (Å²) in [5, 5.41) is 0.0208. The van der Waals surface area contributed by atoms with Crippen LogP contribution in [0.2, 0.25) is 0 Å². The largest absolute Gasteiger partial charge is 0.376 e. The quantitative estimate of drug-likeness (QED) is 0.740. The predicted octanol–water partition coefficient (Wildman–Crippen LogP) is 4.28. The Kier molecular flexibility index (Phi) is 3.53. The molecule has 1 aliphatic heterocycles. The summed E-state index contributed by atoms with van der Waals surface area (Å²) in [6.07, 6.45) is 2.43. The van der Waals surface area contributed by atoms with E-state index in [4.69, 9.17) is 16.3 Å². The first-order chi connectivity index (χ1) is 6.68. The molecule has 0 aromatic carbocycles. The average molecular weight is 296 g/mol. The maximum Gasteiger partial charge on any atom is 0.0940 e. The second kappa shape index (κ2) is 4.52. The Labute approximate surface area is 102 Å². The Morgan fingerprint density at radius 2 is 2.50 bits per heavy atom. The van der Waals surface area contributed by atoms with E-state index in [9.17, 15) is 0 Å². The zero-order valence-corrected chi connectivity index (χ0v) is 11.1. The molecule has 1 nitrogen and oxygen atoms in total. The summed E-state index contributed by atoms with van der Waals surface area (Å²) in [4.78, 5) is 1.21. The number of hydrogen-bond donors (Lipinski definition) is 0. The normalized spacial score (nSPS) is 24.1. The molecular weight excluding hydrogens is 284 g/mol. The van der Waals surface area contributed by atoms with E-state index < -0.39 is 0 Å². The van der Waals surface area contributed by atoms with Crippen molar-refractivity contribution in [2.45, 2.75) is 31.2 Å². The summed E-state index contributed by atoms with van der Waals surface area (Å²) in [6, 6.07) is 2.15. The lowest BCUT2D eigenvalue weighted by molar-refractivity contribution is 0.108. The molecule has 4 heteroatoms. The van der Waals surface area contributed by atoms with Crippen LogP contribution < -0.4 is 0 Å². The van der Waals surface area contributed by atoms with Gasteiger partial charge in [0.25, 0.3) is 0 Å². The third-order valence-corrected chi connectivity index (χ3v) is 5.30. The summed E-state index contributed by atoms with van der Waals surface area (Å²) >= 11 is 11.6. The van der Waals surface area contributed by atoms with Crippen LogP contribution in [-0.4, -0.2) is 12.7 Å². The van der Waals surface area contributed by atoms with Crippen molar-refractivity contribution >= 4 is 38.9 Å². The minimum atomic E-state index is 0.0208. The van der Waals surface area contributed by atoms with Gasteiger partial charge in [-0.15, -0.1) is 22.9 Å². The highest BCUT2D eigenvalue weighted by Gasteiger charge is 2.26. The molecule has 2 atom stereocenters. The zero-order valence-electron chi connectivity index (χ0n) is 7.93. The molecule has 14 heavy (non-hydrogen) atoms. The summed E-state index contributed by atoms with van der Waals surface area (Å²) < 4.78 is 6.75. The van der Waals surface area contributed by atoms with E-state index in [1.54, 1.807) is 11.3 Å². The van der Waals surface area contributed by atoms with E-state index in [2.05, 4.69) is 28.9 Å². The van der Waals surface area contributed by atoms with Crippen molar-refractivity contribution in [1.29, 1.82) is 0 Å². The van der Waals surface area contributed by atoms with Crippen LogP contribution in [0.1, 0.15) is 28.7 Å². The molecule has 1 aliphatic rings. The van der Waals surface area contributed by atoms with Gasteiger partial charge < -0.3 is 4.74 Å². The van der Waals surface area contributed by atoms with Gasteiger partial charge in [0.15, 0.2) is 0 Å². The van der Waals surface area contributed by atoms with E-state index >= 15 is 0 Å². The molecule has 2 unspecified atom stereocenters. The van der Waals surface area contributed by atoms with Crippen molar-refractivity contribution in [3.8, 4) is 0 Å². The molecule has 1 fully saturated rings. The second-order valence-corrected chi connectivity index (χ2v) is 6.43. The van der Waals surface area contributed by atoms with Crippen LogP contribution in [0, 0.1) is 6.92 Å². The standard InChI is InChI=1S/C10H12BrClOS/c1-6-5-8(14-10(6)11)9(12)7-3-2-4-13-7/h5,7,9H,2-4H2,1H3. The Bertz CT molecular complexity index is 300. The minimum Gasteiger partial charge on any atom is -0.376 e. The van der Waals surface area contributed by atoms with Gasteiger partial charge in [0, 0.05) is 11.5 Å². The minimum absolute atomic E-state index is 0.0208. The molecule has 0 aliphatic carbocycles. The molecular formula is C10H12BrClOS. The lowest BCUT2D eigenvalue weighted by Gasteiger charge is -2.14. The fourth-order valence-corrected chi connectivity index (χ4v) is 3.63. The molecule has 0 N–H and O–H groups in total. The van der Waals surface area contributed by atoms with Crippen molar-refractivity contribution < 1.29 is 4.74 Å². The molecule has 1 aromatic rings. The van der Waals surface area contributed by atoms with E-state index in [-0.39, 0.29) is 11.5 Å². The van der Waals surface area contributed by atoms with Gasteiger partial charge in [-0.2, -0.15) is 0 Å². The molecule has 1 aromatic heterocycles. The summed E-state index contributed by atoms with van der Waals surface area (Å²) in [5.74, 6) is 0. The fraction of sp³-hybridized carbons (Fsp3) is 0.600. The third-order valence-electron chi connectivity index (χ3n) is 2.44.